The van der Waals surface area contributed by atoms with Crippen molar-refractivity contribution < 1.29 is 4.74 Å². The first-order valence-corrected chi connectivity index (χ1v) is 7.96. The summed E-state index contributed by atoms with van der Waals surface area (Å²) in [7, 11) is 0. The molecule has 1 heterocycles. The smallest absolute Gasteiger partial charge is 0.154 e. The van der Waals surface area contributed by atoms with Crippen LogP contribution in [-0.4, -0.2) is 10.9 Å². The van der Waals surface area contributed by atoms with Gasteiger partial charge in [-0.15, -0.1) is 0 Å². The van der Waals surface area contributed by atoms with E-state index < -0.39 is 0 Å². The molecule has 0 aliphatic carbocycles. The Balaban J connectivity index is 1.80. The molecule has 21 heavy (non-hydrogen) atoms. The molecule has 1 atom stereocenters. The number of nitrogens with two attached hydrogens (primary N) is 1. The average molecular weight is 298 g/mol. The molecule has 2 aromatic carbocycles. The molecule has 1 aliphatic rings. The molecule has 1 unspecified atom stereocenters. The van der Waals surface area contributed by atoms with E-state index in [9.17, 15) is 0 Å². The first-order valence-electron chi connectivity index (χ1n) is 6.97. The molecule has 0 radical (unpaired) electrons. The molecule has 0 spiro atoms. The molecule has 0 bridgehead atoms. The van der Waals surface area contributed by atoms with Gasteiger partial charge >= 0.3 is 0 Å². The Morgan fingerprint density at radius 1 is 1.05 bits per heavy atom. The van der Waals surface area contributed by atoms with Crippen LogP contribution in [0.1, 0.15) is 18.9 Å². The molecular weight excluding hydrogens is 280 g/mol. The van der Waals surface area contributed by atoms with Gasteiger partial charge in [-0.25, -0.2) is 0 Å². The second-order valence-electron chi connectivity index (χ2n) is 5.26. The average Bonchev–Trinajstić information content (AvgIpc) is 2.49. The van der Waals surface area contributed by atoms with Crippen LogP contribution in [0.5, 0.6) is 11.5 Å². The lowest BCUT2D eigenvalue weighted by Gasteiger charge is -2.29. The van der Waals surface area contributed by atoms with E-state index in [1.807, 2.05) is 42.5 Å². The summed E-state index contributed by atoms with van der Waals surface area (Å²) in [6.07, 6.45) is 0.997. The van der Waals surface area contributed by atoms with E-state index in [-0.39, 0.29) is 5.54 Å². The standard InChI is InChI=1S/C17H18N2OS/c1-17(11-12-21-16(18)19-17)13-7-9-15(10-8-13)20-14-5-3-2-4-6-14/h2-10H,11-12H2,1H3,(H2,18,19). The van der Waals surface area contributed by atoms with Gasteiger partial charge in [-0.2, -0.15) is 0 Å². The molecule has 0 aromatic heterocycles. The lowest BCUT2D eigenvalue weighted by Crippen LogP contribution is -2.28. The maximum absolute atomic E-state index is 5.87. The quantitative estimate of drug-likeness (QED) is 0.926. The van der Waals surface area contributed by atoms with Crippen LogP contribution in [-0.2, 0) is 5.54 Å². The third-order valence-corrected chi connectivity index (χ3v) is 4.45. The zero-order chi connectivity index (χ0) is 14.7. The normalized spacial score (nSPS) is 21.7. The summed E-state index contributed by atoms with van der Waals surface area (Å²) in [6, 6.07) is 17.9. The van der Waals surface area contributed by atoms with E-state index in [4.69, 9.17) is 10.5 Å². The fourth-order valence-electron chi connectivity index (χ4n) is 2.40. The van der Waals surface area contributed by atoms with Crippen LogP contribution in [0.25, 0.3) is 0 Å². The van der Waals surface area contributed by atoms with Crippen molar-refractivity contribution in [3.8, 4) is 11.5 Å². The number of hydrogen-bond acceptors (Lipinski definition) is 4. The summed E-state index contributed by atoms with van der Waals surface area (Å²) in [5.74, 6) is 2.68. The van der Waals surface area contributed by atoms with Crippen molar-refractivity contribution in [3.05, 3.63) is 60.2 Å². The van der Waals surface area contributed by atoms with Gasteiger partial charge in [-0.3, -0.25) is 4.99 Å². The van der Waals surface area contributed by atoms with Crippen molar-refractivity contribution in [2.75, 3.05) is 5.75 Å². The molecule has 2 N–H and O–H groups in total. The third-order valence-electron chi connectivity index (χ3n) is 3.65. The number of para-hydroxylation sites is 1. The number of aliphatic imine (C=N–C) groups is 1. The summed E-state index contributed by atoms with van der Waals surface area (Å²) in [5, 5.41) is 0.674. The maximum atomic E-state index is 5.87. The van der Waals surface area contributed by atoms with Crippen molar-refractivity contribution in [3.63, 3.8) is 0 Å². The number of benzene rings is 2. The van der Waals surface area contributed by atoms with Crippen molar-refractivity contribution in [1.82, 2.24) is 0 Å². The minimum absolute atomic E-state index is 0.222. The monoisotopic (exact) mass is 298 g/mol. The van der Waals surface area contributed by atoms with Crippen LogP contribution in [0, 0.1) is 0 Å². The van der Waals surface area contributed by atoms with Gasteiger partial charge in [0, 0.05) is 5.75 Å². The maximum Gasteiger partial charge on any atom is 0.154 e. The predicted octanol–water partition coefficient (Wildman–Crippen LogP) is 4.15. The Labute approximate surface area is 129 Å². The zero-order valence-electron chi connectivity index (χ0n) is 12.0. The molecule has 0 fully saturated rings. The van der Waals surface area contributed by atoms with Gasteiger partial charge in [-0.05, 0) is 43.2 Å². The lowest BCUT2D eigenvalue weighted by molar-refractivity contribution is 0.471. The van der Waals surface area contributed by atoms with E-state index in [1.54, 1.807) is 11.8 Å². The molecule has 3 rings (SSSR count). The zero-order valence-corrected chi connectivity index (χ0v) is 12.8. The van der Waals surface area contributed by atoms with E-state index in [0.29, 0.717) is 5.17 Å². The van der Waals surface area contributed by atoms with Gasteiger partial charge in [0.15, 0.2) is 5.17 Å². The number of thioether (sulfide) groups is 1. The summed E-state index contributed by atoms with van der Waals surface area (Å²) in [5.41, 5.74) is 6.82. The van der Waals surface area contributed by atoms with Gasteiger partial charge < -0.3 is 10.5 Å². The summed E-state index contributed by atoms with van der Waals surface area (Å²) < 4.78 is 5.81. The molecule has 4 heteroatoms. The number of amidine groups is 1. The largest absolute Gasteiger partial charge is 0.457 e. The molecule has 0 saturated carbocycles. The Hall–Kier alpha value is -1.94. The molecular formula is C17H18N2OS. The summed E-state index contributed by atoms with van der Waals surface area (Å²) in [4.78, 5) is 4.61. The van der Waals surface area contributed by atoms with Crippen LogP contribution in [0.15, 0.2) is 59.6 Å². The molecule has 2 aromatic rings. The van der Waals surface area contributed by atoms with Gasteiger partial charge in [0.2, 0.25) is 0 Å². The Morgan fingerprint density at radius 3 is 2.38 bits per heavy atom. The van der Waals surface area contributed by atoms with Crippen LogP contribution in [0.4, 0.5) is 0 Å². The number of ether oxygens (including phenoxy) is 1. The van der Waals surface area contributed by atoms with Gasteiger partial charge in [-0.1, -0.05) is 42.1 Å². The Morgan fingerprint density at radius 2 is 1.71 bits per heavy atom. The fraction of sp³-hybridized carbons (Fsp3) is 0.235. The molecule has 3 nitrogen and oxygen atoms in total. The predicted molar refractivity (Wildman–Crippen MR) is 89.0 cm³/mol. The van der Waals surface area contributed by atoms with E-state index in [0.717, 1.165) is 23.7 Å². The Kier molecular flexibility index (Phi) is 3.88. The van der Waals surface area contributed by atoms with Crippen molar-refractivity contribution in [2.45, 2.75) is 18.9 Å². The minimum atomic E-state index is -0.222. The highest BCUT2D eigenvalue weighted by molar-refractivity contribution is 8.13. The highest BCUT2D eigenvalue weighted by Crippen LogP contribution is 2.35. The second kappa shape index (κ2) is 5.82. The molecule has 0 saturated heterocycles. The lowest BCUT2D eigenvalue weighted by atomic mass is 9.90. The SMILES string of the molecule is CC1(c2ccc(Oc3ccccc3)cc2)CCSC(N)=N1. The van der Waals surface area contributed by atoms with Gasteiger partial charge in [0.1, 0.15) is 11.5 Å². The number of hydrogen-bond donors (Lipinski definition) is 1. The first-order chi connectivity index (χ1) is 10.2. The van der Waals surface area contributed by atoms with Crippen LogP contribution in [0.3, 0.4) is 0 Å². The van der Waals surface area contributed by atoms with Crippen molar-refractivity contribution >= 4 is 16.9 Å². The van der Waals surface area contributed by atoms with Crippen LogP contribution in [0.2, 0.25) is 0 Å². The highest BCUT2D eigenvalue weighted by Gasteiger charge is 2.29. The fourth-order valence-corrected chi connectivity index (χ4v) is 3.38. The first kappa shape index (κ1) is 14.0. The molecule has 0 amide bonds. The molecule has 1 aliphatic heterocycles. The van der Waals surface area contributed by atoms with Crippen molar-refractivity contribution in [1.29, 1.82) is 0 Å². The topological polar surface area (TPSA) is 47.6 Å². The second-order valence-corrected chi connectivity index (χ2v) is 6.38. The minimum Gasteiger partial charge on any atom is -0.457 e. The number of rotatable bonds is 3. The van der Waals surface area contributed by atoms with E-state index >= 15 is 0 Å². The Bertz CT molecular complexity index is 640. The van der Waals surface area contributed by atoms with Crippen molar-refractivity contribution in [2.24, 2.45) is 10.7 Å². The summed E-state index contributed by atoms with van der Waals surface area (Å²) in [6.45, 7) is 2.13. The van der Waals surface area contributed by atoms with Gasteiger partial charge in [0.25, 0.3) is 0 Å². The molecule has 108 valence electrons. The highest BCUT2D eigenvalue weighted by atomic mass is 32.2. The van der Waals surface area contributed by atoms with E-state index in [2.05, 4.69) is 24.0 Å². The van der Waals surface area contributed by atoms with Crippen LogP contribution >= 0.6 is 11.8 Å². The number of nitrogens with zero attached hydrogens (tertiary/aromatic N) is 1. The summed E-state index contributed by atoms with van der Waals surface area (Å²) >= 11 is 1.62. The third kappa shape index (κ3) is 3.22. The van der Waals surface area contributed by atoms with E-state index in [1.165, 1.54) is 5.56 Å². The van der Waals surface area contributed by atoms with Gasteiger partial charge in [0.05, 0.1) is 5.54 Å². The van der Waals surface area contributed by atoms with Crippen LogP contribution < -0.4 is 10.5 Å².